The van der Waals surface area contributed by atoms with E-state index in [2.05, 4.69) is 24.3 Å². The van der Waals surface area contributed by atoms with Gasteiger partial charge in [0, 0.05) is 11.3 Å². The van der Waals surface area contributed by atoms with Gasteiger partial charge < -0.3 is 0 Å². The van der Waals surface area contributed by atoms with Crippen LogP contribution in [0.1, 0.15) is 5.56 Å². The Kier molecular flexibility index (Phi) is 1.51. The van der Waals surface area contributed by atoms with Gasteiger partial charge in [0.1, 0.15) is 0 Å². The van der Waals surface area contributed by atoms with Crippen LogP contribution in [0.2, 0.25) is 0 Å². The van der Waals surface area contributed by atoms with Crippen LogP contribution in [0, 0.1) is 0 Å². The number of thioether (sulfide) groups is 1. The number of thiocarbonyl (C=S) groups is 1. The van der Waals surface area contributed by atoms with Crippen molar-refractivity contribution in [2.45, 2.75) is 11.3 Å². The fourth-order valence-electron chi connectivity index (χ4n) is 1.06. The van der Waals surface area contributed by atoms with E-state index in [1.807, 2.05) is 0 Å². The molecule has 2 rings (SSSR count). The summed E-state index contributed by atoms with van der Waals surface area (Å²) in [5.41, 5.74) is 1.39. The Morgan fingerprint density at radius 1 is 1.30 bits per heavy atom. The summed E-state index contributed by atoms with van der Waals surface area (Å²) in [7, 11) is 0. The second-order valence-corrected chi connectivity index (χ2v) is 4.15. The molecule has 0 aromatic heterocycles. The molecule has 1 aromatic rings. The summed E-state index contributed by atoms with van der Waals surface area (Å²) in [6, 6.07) is 8.38. The molecule has 0 atom stereocenters. The van der Waals surface area contributed by atoms with Crippen LogP contribution in [0.25, 0.3) is 0 Å². The zero-order chi connectivity index (χ0) is 6.97. The number of hydrogen-bond acceptors (Lipinski definition) is 2. The lowest BCUT2D eigenvalue weighted by molar-refractivity contribution is 1.27. The van der Waals surface area contributed by atoms with E-state index in [-0.39, 0.29) is 0 Å². The first-order chi connectivity index (χ1) is 4.86. The molecule has 0 N–H and O–H groups in total. The average molecular weight is 166 g/mol. The van der Waals surface area contributed by atoms with Crippen LogP contribution >= 0.6 is 24.0 Å². The number of fused-ring (bicyclic) bond motifs is 1. The second kappa shape index (κ2) is 2.36. The molecule has 0 spiro atoms. The predicted octanol–water partition coefficient (Wildman–Crippen LogP) is 2.66. The van der Waals surface area contributed by atoms with Crippen molar-refractivity contribution in [1.29, 1.82) is 0 Å². The van der Waals surface area contributed by atoms with E-state index in [1.165, 1.54) is 10.5 Å². The van der Waals surface area contributed by atoms with Gasteiger partial charge in [-0.15, -0.1) is 0 Å². The van der Waals surface area contributed by atoms with Gasteiger partial charge in [-0.05, 0) is 11.6 Å². The smallest absolute Gasteiger partial charge is 0.0571 e. The highest BCUT2D eigenvalue weighted by atomic mass is 32.2. The van der Waals surface area contributed by atoms with E-state index in [0.29, 0.717) is 0 Å². The zero-order valence-corrected chi connectivity index (χ0v) is 6.97. The molecule has 10 heavy (non-hydrogen) atoms. The molecule has 1 aliphatic rings. The van der Waals surface area contributed by atoms with Gasteiger partial charge in [-0.2, -0.15) is 0 Å². The zero-order valence-electron chi connectivity index (χ0n) is 5.33. The molecule has 0 fully saturated rings. The molecule has 0 nitrogen and oxygen atoms in total. The highest BCUT2D eigenvalue weighted by Gasteiger charge is 2.13. The van der Waals surface area contributed by atoms with Crippen molar-refractivity contribution in [3.8, 4) is 0 Å². The fraction of sp³-hybridized carbons (Fsp3) is 0.125. The van der Waals surface area contributed by atoms with E-state index in [0.717, 1.165) is 10.6 Å². The van der Waals surface area contributed by atoms with Gasteiger partial charge in [0.05, 0.1) is 4.20 Å². The first-order valence-corrected chi connectivity index (χ1v) is 4.37. The summed E-state index contributed by atoms with van der Waals surface area (Å²) in [6.07, 6.45) is 0.982. The fourth-order valence-corrected chi connectivity index (χ4v) is 2.38. The van der Waals surface area contributed by atoms with E-state index in [1.54, 1.807) is 11.8 Å². The van der Waals surface area contributed by atoms with Crippen LogP contribution in [-0.4, -0.2) is 4.20 Å². The highest BCUT2D eigenvalue weighted by Crippen LogP contribution is 2.32. The first kappa shape index (κ1) is 6.38. The molecule has 1 aliphatic heterocycles. The maximum atomic E-state index is 5.09. The molecule has 1 aromatic carbocycles. The molecule has 0 saturated carbocycles. The molecule has 2 heteroatoms. The van der Waals surface area contributed by atoms with Crippen molar-refractivity contribution in [1.82, 2.24) is 0 Å². The van der Waals surface area contributed by atoms with E-state index in [4.69, 9.17) is 12.2 Å². The summed E-state index contributed by atoms with van der Waals surface area (Å²) in [6.45, 7) is 0. The third-order valence-electron chi connectivity index (χ3n) is 1.53. The normalized spacial score (nSPS) is 15.4. The Morgan fingerprint density at radius 2 is 2.10 bits per heavy atom. The monoisotopic (exact) mass is 166 g/mol. The Labute approximate surface area is 69.6 Å². The minimum Gasteiger partial charge on any atom is -0.0821 e. The quantitative estimate of drug-likeness (QED) is 0.543. The molecule has 0 aliphatic carbocycles. The van der Waals surface area contributed by atoms with Gasteiger partial charge >= 0.3 is 0 Å². The molecule has 0 radical (unpaired) electrons. The lowest BCUT2D eigenvalue weighted by Gasteiger charge is -1.91. The lowest BCUT2D eigenvalue weighted by Crippen LogP contribution is -1.82. The van der Waals surface area contributed by atoms with E-state index < -0.39 is 0 Å². The predicted molar refractivity (Wildman–Crippen MR) is 48.6 cm³/mol. The van der Waals surface area contributed by atoms with E-state index >= 15 is 0 Å². The first-order valence-electron chi connectivity index (χ1n) is 3.15. The van der Waals surface area contributed by atoms with Crippen LogP contribution in [-0.2, 0) is 6.42 Å². The number of rotatable bonds is 0. The van der Waals surface area contributed by atoms with Crippen LogP contribution in [0.15, 0.2) is 29.2 Å². The van der Waals surface area contributed by atoms with Crippen molar-refractivity contribution in [3.05, 3.63) is 29.8 Å². The Morgan fingerprint density at radius 3 is 2.90 bits per heavy atom. The van der Waals surface area contributed by atoms with Gasteiger partial charge in [-0.1, -0.05) is 42.2 Å². The average Bonchev–Trinajstić information content (AvgIpc) is 2.27. The molecule has 0 bridgehead atoms. The third-order valence-corrected chi connectivity index (χ3v) is 2.92. The van der Waals surface area contributed by atoms with Crippen LogP contribution in [0.3, 0.4) is 0 Å². The van der Waals surface area contributed by atoms with Crippen LogP contribution in [0.5, 0.6) is 0 Å². The molecule has 0 unspecified atom stereocenters. The summed E-state index contributed by atoms with van der Waals surface area (Å²) in [4.78, 5) is 1.34. The van der Waals surface area contributed by atoms with Gasteiger partial charge in [0.25, 0.3) is 0 Å². The Hall–Kier alpha value is -0.340. The van der Waals surface area contributed by atoms with E-state index in [9.17, 15) is 0 Å². The molecule has 50 valence electrons. The second-order valence-electron chi connectivity index (χ2n) is 2.26. The van der Waals surface area contributed by atoms with Crippen molar-refractivity contribution in [2.75, 3.05) is 0 Å². The van der Waals surface area contributed by atoms with Crippen molar-refractivity contribution >= 4 is 28.2 Å². The summed E-state index contributed by atoms with van der Waals surface area (Å²) in [5.74, 6) is 0. The largest absolute Gasteiger partial charge is 0.0821 e. The van der Waals surface area contributed by atoms with Gasteiger partial charge in [-0.25, -0.2) is 0 Å². The number of hydrogen-bond donors (Lipinski definition) is 0. The van der Waals surface area contributed by atoms with Crippen molar-refractivity contribution in [3.63, 3.8) is 0 Å². The molecule has 0 saturated heterocycles. The van der Waals surface area contributed by atoms with Crippen LogP contribution in [0.4, 0.5) is 0 Å². The SMILES string of the molecule is S=C1Cc2ccccc2S1. The summed E-state index contributed by atoms with van der Waals surface area (Å²) < 4.78 is 1.10. The molecule has 1 heterocycles. The van der Waals surface area contributed by atoms with Crippen molar-refractivity contribution in [2.24, 2.45) is 0 Å². The molecular weight excluding hydrogens is 160 g/mol. The highest BCUT2D eigenvalue weighted by molar-refractivity contribution is 8.23. The standard InChI is InChI=1S/C8H6S2/c9-8-5-6-3-1-2-4-7(6)10-8/h1-4H,5H2. The summed E-state index contributed by atoms with van der Waals surface area (Å²) >= 11 is 6.81. The minimum absolute atomic E-state index is 0.982. The Bertz CT molecular complexity index is 251. The molecule has 0 amide bonds. The maximum absolute atomic E-state index is 5.09. The minimum atomic E-state index is 0.982. The molecular formula is C8H6S2. The maximum Gasteiger partial charge on any atom is 0.0571 e. The van der Waals surface area contributed by atoms with Crippen LogP contribution < -0.4 is 0 Å². The summed E-state index contributed by atoms with van der Waals surface area (Å²) in [5, 5.41) is 0. The number of benzene rings is 1. The van der Waals surface area contributed by atoms with Crippen molar-refractivity contribution < 1.29 is 0 Å². The van der Waals surface area contributed by atoms with Gasteiger partial charge in [0.2, 0.25) is 0 Å². The third kappa shape index (κ3) is 0.976. The van der Waals surface area contributed by atoms with Gasteiger partial charge in [-0.3, -0.25) is 0 Å². The lowest BCUT2D eigenvalue weighted by atomic mass is 10.2. The van der Waals surface area contributed by atoms with Gasteiger partial charge in [0.15, 0.2) is 0 Å². The Balaban J connectivity index is 2.51. The topological polar surface area (TPSA) is 0 Å².